The molecule has 8 heteroatoms. The van der Waals surface area contributed by atoms with Crippen LogP contribution in [0.1, 0.15) is 19.4 Å². The molecule has 0 aliphatic heterocycles. The number of benzene rings is 1. The number of nitrogens with two attached hydrogens (primary N) is 1. The van der Waals surface area contributed by atoms with Gasteiger partial charge in [-0.05, 0) is 26.0 Å². The highest BCUT2D eigenvalue weighted by Gasteiger charge is 2.38. The van der Waals surface area contributed by atoms with Gasteiger partial charge in [-0.15, -0.1) is 0 Å². The second-order valence-corrected chi connectivity index (χ2v) is 7.33. The number of para-hydroxylation sites is 1. The van der Waals surface area contributed by atoms with Gasteiger partial charge in [0.2, 0.25) is 5.91 Å². The fourth-order valence-corrected chi connectivity index (χ4v) is 1.70. The van der Waals surface area contributed by atoms with E-state index in [1.165, 1.54) is 26.0 Å². The van der Waals surface area contributed by atoms with Crippen molar-refractivity contribution in [2.75, 3.05) is 11.6 Å². The summed E-state index contributed by atoms with van der Waals surface area (Å²) in [4.78, 5) is 12.1. The molecule has 0 saturated heterocycles. The Kier molecular flexibility index (Phi) is 4.39. The number of amidine groups is 1. The highest BCUT2D eigenvalue weighted by atomic mass is 32.2. The van der Waals surface area contributed by atoms with Gasteiger partial charge in [-0.2, -0.15) is 0 Å². The van der Waals surface area contributed by atoms with E-state index in [1.54, 1.807) is 12.1 Å². The zero-order chi connectivity index (χ0) is 15.6. The number of oxime groups is 1. The Bertz CT molecular complexity index is 650. The number of sulfone groups is 1. The predicted molar refractivity (Wildman–Crippen MR) is 76.5 cm³/mol. The maximum atomic E-state index is 12.1. The zero-order valence-corrected chi connectivity index (χ0v) is 12.2. The highest BCUT2D eigenvalue weighted by molar-refractivity contribution is 7.92. The van der Waals surface area contributed by atoms with Crippen molar-refractivity contribution in [3.05, 3.63) is 29.8 Å². The number of hydrogen-bond donors (Lipinski definition) is 3. The summed E-state index contributed by atoms with van der Waals surface area (Å²) in [5, 5.41) is 14.0. The van der Waals surface area contributed by atoms with Crippen LogP contribution in [0.15, 0.2) is 29.4 Å². The number of rotatable bonds is 4. The van der Waals surface area contributed by atoms with Crippen LogP contribution < -0.4 is 11.1 Å². The van der Waals surface area contributed by atoms with E-state index in [1.807, 2.05) is 0 Å². The smallest absolute Gasteiger partial charge is 0.245 e. The molecule has 0 radical (unpaired) electrons. The molecule has 0 aromatic heterocycles. The van der Waals surface area contributed by atoms with Crippen LogP contribution in [0.3, 0.4) is 0 Å². The van der Waals surface area contributed by atoms with Crippen LogP contribution in [0.2, 0.25) is 0 Å². The lowest BCUT2D eigenvalue weighted by Gasteiger charge is -2.22. The lowest BCUT2D eigenvalue weighted by molar-refractivity contribution is -0.117. The van der Waals surface area contributed by atoms with Crippen LogP contribution in [-0.2, 0) is 14.6 Å². The molecule has 4 N–H and O–H groups in total. The molecule has 0 fully saturated rings. The monoisotopic (exact) mass is 299 g/mol. The van der Waals surface area contributed by atoms with Crippen LogP contribution in [0, 0.1) is 0 Å². The Morgan fingerprint density at radius 1 is 1.35 bits per heavy atom. The maximum absolute atomic E-state index is 12.1. The fourth-order valence-electron chi connectivity index (χ4n) is 1.31. The first kappa shape index (κ1) is 16.0. The molecule has 1 aromatic carbocycles. The normalized spacial score (nSPS) is 13.1. The van der Waals surface area contributed by atoms with Crippen molar-refractivity contribution in [1.29, 1.82) is 0 Å². The SMILES string of the molecule is CC(C)(C(=O)Nc1ccccc1C(N)=NO)S(C)(=O)=O. The summed E-state index contributed by atoms with van der Waals surface area (Å²) in [7, 11) is -3.58. The first-order chi connectivity index (χ1) is 9.11. The van der Waals surface area contributed by atoms with Gasteiger partial charge in [-0.25, -0.2) is 8.42 Å². The summed E-state index contributed by atoms with van der Waals surface area (Å²) in [5.41, 5.74) is 6.06. The number of carbonyl (C=O) groups is 1. The van der Waals surface area contributed by atoms with E-state index >= 15 is 0 Å². The summed E-state index contributed by atoms with van der Waals surface area (Å²) in [6.45, 7) is 2.62. The van der Waals surface area contributed by atoms with Crippen LogP contribution >= 0.6 is 0 Å². The van der Waals surface area contributed by atoms with Gasteiger partial charge in [0.25, 0.3) is 0 Å². The molecule has 110 valence electrons. The minimum Gasteiger partial charge on any atom is -0.409 e. The number of carbonyl (C=O) groups excluding carboxylic acids is 1. The van der Waals surface area contributed by atoms with Crippen molar-refractivity contribution < 1.29 is 18.4 Å². The van der Waals surface area contributed by atoms with Gasteiger partial charge in [-0.1, -0.05) is 17.3 Å². The van der Waals surface area contributed by atoms with Gasteiger partial charge in [0.05, 0.1) is 5.69 Å². The maximum Gasteiger partial charge on any atom is 0.245 e. The van der Waals surface area contributed by atoms with Gasteiger partial charge in [-0.3, -0.25) is 4.79 Å². The third-order valence-electron chi connectivity index (χ3n) is 3.03. The number of nitrogens with one attached hydrogen (secondary N) is 1. The molecule has 0 unspecified atom stereocenters. The van der Waals surface area contributed by atoms with Gasteiger partial charge < -0.3 is 16.3 Å². The Morgan fingerprint density at radius 3 is 2.40 bits per heavy atom. The van der Waals surface area contributed by atoms with Crippen molar-refractivity contribution >= 4 is 27.3 Å². The average Bonchev–Trinajstić information content (AvgIpc) is 2.37. The molecular formula is C12H17N3O4S. The Labute approximate surface area is 117 Å². The standard InChI is InChI=1S/C12H17N3O4S/c1-12(2,20(3,18)19)11(16)14-9-7-5-4-6-8(9)10(13)15-17/h4-7,17H,1-3H3,(H2,13,15)(H,14,16). The molecule has 0 aliphatic carbocycles. The van der Waals surface area contributed by atoms with E-state index in [9.17, 15) is 13.2 Å². The zero-order valence-electron chi connectivity index (χ0n) is 11.4. The predicted octanol–water partition coefficient (Wildman–Crippen LogP) is 0.543. The van der Waals surface area contributed by atoms with E-state index in [-0.39, 0.29) is 11.5 Å². The minimum atomic E-state index is -3.58. The second kappa shape index (κ2) is 5.49. The quantitative estimate of drug-likeness (QED) is 0.324. The number of amides is 1. The summed E-state index contributed by atoms with van der Waals surface area (Å²) in [5.74, 6) is -0.878. The van der Waals surface area contributed by atoms with Crippen molar-refractivity contribution in [2.24, 2.45) is 10.9 Å². The Balaban J connectivity index is 3.16. The molecule has 0 atom stereocenters. The van der Waals surface area contributed by atoms with Crippen LogP contribution in [0.25, 0.3) is 0 Å². The third kappa shape index (κ3) is 3.08. The van der Waals surface area contributed by atoms with E-state index < -0.39 is 20.5 Å². The first-order valence-electron chi connectivity index (χ1n) is 5.69. The van der Waals surface area contributed by atoms with E-state index in [4.69, 9.17) is 10.9 Å². The van der Waals surface area contributed by atoms with Crippen LogP contribution in [0.4, 0.5) is 5.69 Å². The van der Waals surface area contributed by atoms with E-state index in [0.29, 0.717) is 5.56 Å². The molecule has 1 amide bonds. The summed E-state index contributed by atoms with van der Waals surface area (Å²) >= 11 is 0. The molecule has 0 bridgehead atoms. The minimum absolute atomic E-state index is 0.182. The molecule has 0 heterocycles. The number of nitrogens with zero attached hydrogens (tertiary/aromatic N) is 1. The summed E-state index contributed by atoms with van der Waals surface area (Å²) in [6.07, 6.45) is 0.988. The number of hydrogen-bond acceptors (Lipinski definition) is 5. The lowest BCUT2D eigenvalue weighted by atomic mass is 10.1. The number of anilines is 1. The Morgan fingerprint density at radius 2 is 1.90 bits per heavy atom. The molecular weight excluding hydrogens is 282 g/mol. The fraction of sp³-hybridized carbons (Fsp3) is 0.333. The molecule has 7 nitrogen and oxygen atoms in total. The molecule has 1 rings (SSSR count). The lowest BCUT2D eigenvalue weighted by Crippen LogP contribution is -2.44. The average molecular weight is 299 g/mol. The van der Waals surface area contributed by atoms with Gasteiger partial charge in [0.1, 0.15) is 4.75 Å². The van der Waals surface area contributed by atoms with Crippen molar-refractivity contribution in [3.8, 4) is 0 Å². The molecule has 0 aliphatic rings. The summed E-state index contributed by atoms with van der Waals surface area (Å²) < 4.78 is 21.6. The van der Waals surface area contributed by atoms with Gasteiger partial charge in [0, 0.05) is 11.8 Å². The first-order valence-corrected chi connectivity index (χ1v) is 7.58. The molecule has 0 saturated carbocycles. The summed E-state index contributed by atoms with van der Waals surface area (Å²) in [6, 6.07) is 6.35. The molecule has 20 heavy (non-hydrogen) atoms. The van der Waals surface area contributed by atoms with Crippen molar-refractivity contribution in [2.45, 2.75) is 18.6 Å². The van der Waals surface area contributed by atoms with Gasteiger partial charge >= 0.3 is 0 Å². The van der Waals surface area contributed by atoms with Crippen LogP contribution in [-0.4, -0.2) is 36.4 Å². The second-order valence-electron chi connectivity index (χ2n) is 4.77. The highest BCUT2D eigenvalue weighted by Crippen LogP contribution is 2.21. The van der Waals surface area contributed by atoms with E-state index in [0.717, 1.165) is 6.26 Å². The topological polar surface area (TPSA) is 122 Å². The van der Waals surface area contributed by atoms with Crippen LogP contribution in [0.5, 0.6) is 0 Å². The Hall–Kier alpha value is -2.09. The van der Waals surface area contributed by atoms with Crippen molar-refractivity contribution in [3.63, 3.8) is 0 Å². The van der Waals surface area contributed by atoms with E-state index in [2.05, 4.69) is 10.5 Å². The molecule has 0 spiro atoms. The third-order valence-corrected chi connectivity index (χ3v) is 5.07. The largest absolute Gasteiger partial charge is 0.409 e. The molecule has 1 aromatic rings. The van der Waals surface area contributed by atoms with Gasteiger partial charge in [0.15, 0.2) is 15.7 Å². The van der Waals surface area contributed by atoms with Crippen molar-refractivity contribution in [1.82, 2.24) is 0 Å².